The number of carbonyl (C=O) groups excluding carboxylic acids is 1. The molecule has 2 fully saturated rings. The Labute approximate surface area is 174 Å². The molecule has 0 bridgehead atoms. The fourth-order valence-corrected chi connectivity index (χ4v) is 4.04. The average Bonchev–Trinajstić information content (AvgIpc) is 3.45. The molecule has 0 atom stereocenters. The maximum absolute atomic E-state index is 12.9. The van der Waals surface area contributed by atoms with Crippen molar-refractivity contribution in [1.29, 1.82) is 0 Å². The lowest BCUT2D eigenvalue weighted by Gasteiger charge is -2.39. The van der Waals surface area contributed by atoms with Crippen molar-refractivity contribution in [3.63, 3.8) is 0 Å². The Balaban J connectivity index is 1.24. The van der Waals surface area contributed by atoms with Crippen LogP contribution in [0.1, 0.15) is 40.6 Å². The van der Waals surface area contributed by atoms with Gasteiger partial charge in [-0.05, 0) is 44.9 Å². The maximum Gasteiger partial charge on any atom is 0.257 e. The minimum atomic E-state index is -0.103. The first-order valence-electron chi connectivity index (χ1n) is 10.3. The van der Waals surface area contributed by atoms with Crippen LogP contribution in [0.4, 0.5) is 0 Å². The Bertz CT molecular complexity index is 1150. The van der Waals surface area contributed by atoms with Crippen molar-refractivity contribution in [2.75, 3.05) is 13.1 Å². The first kappa shape index (κ1) is 18.7. The molecule has 1 saturated carbocycles. The van der Waals surface area contributed by atoms with E-state index in [9.17, 15) is 9.59 Å². The van der Waals surface area contributed by atoms with E-state index < -0.39 is 0 Å². The highest BCUT2D eigenvalue weighted by atomic mass is 16.5. The van der Waals surface area contributed by atoms with E-state index in [1.54, 1.807) is 21.8 Å². The normalized spacial score (nSPS) is 16.4. The lowest BCUT2D eigenvalue weighted by molar-refractivity contribution is 0.0176. The highest BCUT2D eigenvalue weighted by molar-refractivity contribution is 5.95. The van der Waals surface area contributed by atoms with Crippen LogP contribution in [0.15, 0.2) is 53.5 Å². The molecule has 2 aliphatic rings. The van der Waals surface area contributed by atoms with E-state index in [0.29, 0.717) is 30.4 Å². The van der Waals surface area contributed by atoms with Gasteiger partial charge < -0.3 is 14.2 Å². The minimum absolute atomic E-state index is 0.0105. The summed E-state index contributed by atoms with van der Waals surface area (Å²) < 4.78 is 9.58. The summed E-state index contributed by atoms with van der Waals surface area (Å²) in [5.74, 6) is 0.537. The maximum atomic E-state index is 12.9. The minimum Gasteiger partial charge on any atom is -0.486 e. The van der Waals surface area contributed by atoms with E-state index in [2.05, 4.69) is 5.10 Å². The standard InChI is InChI=1S/C23H24N4O3/c1-15-10-19(11-22(28)26(15)17-8-9-17)30-20-13-25(14-20)23(29)21-12-24-27(16(21)2)18-6-4-3-5-7-18/h3-7,10-12,17,20H,8-9,13-14H2,1-2H3. The molecule has 0 spiro atoms. The molecule has 2 aromatic heterocycles. The van der Waals surface area contributed by atoms with Crippen LogP contribution in [0.25, 0.3) is 5.69 Å². The monoisotopic (exact) mass is 404 g/mol. The second kappa shape index (κ2) is 7.16. The van der Waals surface area contributed by atoms with Crippen molar-refractivity contribution in [2.24, 2.45) is 0 Å². The Kier molecular flexibility index (Phi) is 4.46. The Hall–Kier alpha value is -3.35. The zero-order valence-corrected chi connectivity index (χ0v) is 17.1. The van der Waals surface area contributed by atoms with E-state index in [1.165, 1.54) is 0 Å². The largest absolute Gasteiger partial charge is 0.486 e. The van der Waals surface area contributed by atoms with Gasteiger partial charge in [0.1, 0.15) is 11.9 Å². The predicted molar refractivity (Wildman–Crippen MR) is 112 cm³/mol. The number of aromatic nitrogens is 3. The molecule has 1 amide bonds. The van der Waals surface area contributed by atoms with Crippen LogP contribution < -0.4 is 10.3 Å². The smallest absolute Gasteiger partial charge is 0.257 e. The molecule has 0 unspecified atom stereocenters. The Morgan fingerprint density at radius 1 is 1.10 bits per heavy atom. The van der Waals surface area contributed by atoms with Crippen molar-refractivity contribution < 1.29 is 9.53 Å². The summed E-state index contributed by atoms with van der Waals surface area (Å²) in [4.78, 5) is 27.0. The zero-order chi connectivity index (χ0) is 20.8. The lowest BCUT2D eigenvalue weighted by atomic mass is 10.1. The van der Waals surface area contributed by atoms with E-state index in [0.717, 1.165) is 29.9 Å². The number of ether oxygens (including phenoxy) is 1. The van der Waals surface area contributed by atoms with Gasteiger partial charge in [0, 0.05) is 17.8 Å². The van der Waals surface area contributed by atoms with Crippen molar-refractivity contribution in [3.8, 4) is 11.4 Å². The number of aryl methyl sites for hydroxylation is 1. The molecule has 1 aliphatic carbocycles. The fraction of sp³-hybridized carbons (Fsp3) is 0.348. The highest BCUT2D eigenvalue weighted by Gasteiger charge is 2.34. The van der Waals surface area contributed by atoms with Crippen molar-refractivity contribution in [2.45, 2.75) is 38.8 Å². The summed E-state index contributed by atoms with van der Waals surface area (Å²) in [5.41, 5.74) is 3.25. The number of para-hydroxylation sites is 1. The molecule has 1 aromatic carbocycles. The van der Waals surface area contributed by atoms with Crippen molar-refractivity contribution >= 4 is 5.91 Å². The molecule has 3 heterocycles. The SMILES string of the molecule is Cc1c(C(=O)N2CC(Oc3cc(C)n(C4CC4)c(=O)c3)C2)cnn1-c1ccccc1. The van der Waals surface area contributed by atoms with Gasteiger partial charge in [0.05, 0.1) is 36.2 Å². The number of hydrogen-bond donors (Lipinski definition) is 0. The van der Waals surface area contributed by atoms with Crippen molar-refractivity contribution in [1.82, 2.24) is 19.2 Å². The highest BCUT2D eigenvalue weighted by Crippen LogP contribution is 2.35. The number of rotatable bonds is 5. The molecule has 1 aliphatic heterocycles. The topological polar surface area (TPSA) is 69.4 Å². The lowest BCUT2D eigenvalue weighted by Crippen LogP contribution is -2.56. The van der Waals surface area contributed by atoms with Crippen LogP contribution in [-0.4, -0.2) is 44.3 Å². The third-order valence-corrected chi connectivity index (χ3v) is 5.83. The molecule has 7 heteroatoms. The van der Waals surface area contributed by atoms with Crippen LogP contribution in [0.5, 0.6) is 5.75 Å². The quantitative estimate of drug-likeness (QED) is 0.656. The molecule has 0 N–H and O–H groups in total. The number of nitrogens with zero attached hydrogens (tertiary/aromatic N) is 4. The third-order valence-electron chi connectivity index (χ3n) is 5.83. The van der Waals surface area contributed by atoms with Crippen LogP contribution in [0.3, 0.4) is 0 Å². The molecule has 5 rings (SSSR count). The Morgan fingerprint density at radius 2 is 1.83 bits per heavy atom. The summed E-state index contributed by atoms with van der Waals surface area (Å²) >= 11 is 0. The van der Waals surface area contributed by atoms with Crippen LogP contribution in [-0.2, 0) is 0 Å². The number of amides is 1. The van der Waals surface area contributed by atoms with Gasteiger partial charge in [0.2, 0.25) is 0 Å². The second-order valence-electron chi connectivity index (χ2n) is 8.11. The zero-order valence-electron chi connectivity index (χ0n) is 17.1. The molecule has 154 valence electrons. The van der Waals surface area contributed by atoms with Crippen LogP contribution >= 0.6 is 0 Å². The number of likely N-dealkylation sites (tertiary alicyclic amines) is 1. The number of benzene rings is 1. The van der Waals surface area contributed by atoms with E-state index in [-0.39, 0.29) is 17.6 Å². The van der Waals surface area contributed by atoms with E-state index >= 15 is 0 Å². The second-order valence-corrected chi connectivity index (χ2v) is 8.11. The summed E-state index contributed by atoms with van der Waals surface area (Å²) in [6.45, 7) is 4.84. The van der Waals surface area contributed by atoms with Gasteiger partial charge in [-0.3, -0.25) is 9.59 Å². The molecule has 3 aromatic rings. The summed E-state index contributed by atoms with van der Waals surface area (Å²) in [5, 5.41) is 4.38. The van der Waals surface area contributed by atoms with Crippen LogP contribution in [0, 0.1) is 13.8 Å². The molecule has 1 saturated heterocycles. The first-order chi connectivity index (χ1) is 14.5. The van der Waals surface area contributed by atoms with E-state index in [4.69, 9.17) is 4.74 Å². The molecule has 7 nitrogen and oxygen atoms in total. The average molecular weight is 404 g/mol. The number of hydrogen-bond acceptors (Lipinski definition) is 4. The van der Waals surface area contributed by atoms with Gasteiger partial charge >= 0.3 is 0 Å². The van der Waals surface area contributed by atoms with Gasteiger partial charge in [-0.25, -0.2) is 4.68 Å². The van der Waals surface area contributed by atoms with Gasteiger partial charge in [-0.15, -0.1) is 0 Å². The van der Waals surface area contributed by atoms with Gasteiger partial charge in [-0.2, -0.15) is 5.10 Å². The van der Waals surface area contributed by atoms with Gasteiger partial charge in [-0.1, -0.05) is 18.2 Å². The molecular weight excluding hydrogens is 380 g/mol. The summed E-state index contributed by atoms with van der Waals surface area (Å²) in [6, 6.07) is 13.6. The van der Waals surface area contributed by atoms with Crippen LogP contribution in [0.2, 0.25) is 0 Å². The predicted octanol–water partition coefficient (Wildman–Crippen LogP) is 2.89. The summed E-state index contributed by atoms with van der Waals surface area (Å²) in [6.07, 6.45) is 3.66. The number of carbonyl (C=O) groups is 1. The third kappa shape index (κ3) is 3.30. The molecule has 0 radical (unpaired) electrons. The van der Waals surface area contributed by atoms with E-state index in [1.807, 2.05) is 54.8 Å². The molecule has 30 heavy (non-hydrogen) atoms. The first-order valence-corrected chi connectivity index (χ1v) is 10.3. The van der Waals surface area contributed by atoms with Crippen molar-refractivity contribution in [3.05, 3.63) is 76.0 Å². The van der Waals surface area contributed by atoms with Gasteiger partial charge in [0.15, 0.2) is 0 Å². The Morgan fingerprint density at radius 3 is 2.50 bits per heavy atom. The summed E-state index contributed by atoms with van der Waals surface area (Å²) in [7, 11) is 0. The fourth-order valence-electron chi connectivity index (χ4n) is 4.04. The molecular formula is C23H24N4O3. The van der Waals surface area contributed by atoms with Gasteiger partial charge in [0.25, 0.3) is 11.5 Å². The number of pyridine rings is 1.